The van der Waals surface area contributed by atoms with E-state index in [0.29, 0.717) is 6.61 Å². The van der Waals surface area contributed by atoms with Gasteiger partial charge in [0.15, 0.2) is 5.75 Å². The number of nitrogens with two attached hydrogens (primary N) is 1. The van der Waals surface area contributed by atoms with Gasteiger partial charge in [-0.3, -0.25) is 0 Å². The van der Waals surface area contributed by atoms with Gasteiger partial charge in [0.2, 0.25) is 0 Å². The molecule has 0 unspecified atom stereocenters. The molecule has 0 spiro atoms. The third kappa shape index (κ3) is 4.09. The van der Waals surface area contributed by atoms with Crippen LogP contribution in [0.5, 0.6) is 5.75 Å². The van der Waals surface area contributed by atoms with Crippen LogP contribution in [0, 0.1) is 0 Å². The van der Waals surface area contributed by atoms with Crippen molar-refractivity contribution in [2.75, 3.05) is 18.9 Å². The maximum Gasteiger partial charge on any atom is 0.339 e. The normalized spacial score (nSPS) is 10.7. The van der Waals surface area contributed by atoms with Crippen LogP contribution in [0.3, 0.4) is 0 Å². The number of halogens is 1. The van der Waals surface area contributed by atoms with E-state index in [0.717, 1.165) is 0 Å². The van der Waals surface area contributed by atoms with E-state index in [1.54, 1.807) is 0 Å². The molecule has 0 heterocycles. The highest BCUT2D eigenvalue weighted by Crippen LogP contribution is 2.31. The van der Waals surface area contributed by atoms with Gasteiger partial charge >= 0.3 is 5.97 Å². The van der Waals surface area contributed by atoms with Crippen molar-refractivity contribution in [3.8, 4) is 5.75 Å². The van der Waals surface area contributed by atoms with Gasteiger partial charge in [-0.2, -0.15) is 0 Å². The van der Waals surface area contributed by atoms with Gasteiger partial charge in [0.25, 0.3) is 0 Å². The third-order valence-corrected chi connectivity index (χ3v) is 2.36. The molecule has 5 nitrogen and oxygen atoms in total. The second-order valence-electron chi connectivity index (χ2n) is 3.95. The summed E-state index contributed by atoms with van der Waals surface area (Å²) < 4.78 is 10.6. The Labute approximate surface area is 110 Å². The van der Waals surface area contributed by atoms with Crippen molar-refractivity contribution in [2.24, 2.45) is 0 Å². The molecule has 18 heavy (non-hydrogen) atoms. The highest BCUT2D eigenvalue weighted by Gasteiger charge is 2.16. The molecule has 0 aromatic heterocycles. The molecule has 0 fully saturated rings. The predicted octanol–water partition coefficient (Wildman–Crippen LogP) is 2.42. The van der Waals surface area contributed by atoms with Crippen molar-refractivity contribution in [3.05, 3.63) is 22.7 Å². The van der Waals surface area contributed by atoms with E-state index in [9.17, 15) is 4.79 Å². The molecule has 0 aliphatic heterocycles. The first kappa shape index (κ1) is 14.6. The lowest BCUT2D eigenvalue weighted by atomic mass is 10.2. The topological polar surface area (TPSA) is 81.8 Å². The minimum atomic E-state index is -1.14. The Morgan fingerprint density at radius 2 is 2.11 bits per heavy atom. The third-order valence-electron chi connectivity index (χ3n) is 2.08. The largest absolute Gasteiger partial charge is 0.489 e. The second-order valence-corrected chi connectivity index (χ2v) is 4.36. The summed E-state index contributed by atoms with van der Waals surface area (Å²) in [4.78, 5) is 11.0. The Balaban J connectivity index is 2.77. The van der Waals surface area contributed by atoms with Gasteiger partial charge in [0.05, 0.1) is 17.7 Å². The molecule has 3 N–H and O–H groups in total. The fourth-order valence-corrected chi connectivity index (χ4v) is 1.63. The van der Waals surface area contributed by atoms with Gasteiger partial charge in [-0.1, -0.05) is 11.6 Å². The molecule has 1 aromatic rings. The van der Waals surface area contributed by atoms with E-state index in [-0.39, 0.29) is 34.7 Å². The zero-order chi connectivity index (χ0) is 13.7. The number of hydrogen-bond acceptors (Lipinski definition) is 4. The van der Waals surface area contributed by atoms with Crippen LogP contribution in [0.1, 0.15) is 24.2 Å². The lowest BCUT2D eigenvalue weighted by molar-refractivity contribution is 0.0539. The van der Waals surface area contributed by atoms with Gasteiger partial charge in [0.1, 0.15) is 12.2 Å². The maximum absolute atomic E-state index is 11.0. The number of anilines is 1. The molecule has 0 saturated heterocycles. The number of benzene rings is 1. The van der Waals surface area contributed by atoms with Crippen LogP contribution in [0.2, 0.25) is 5.02 Å². The Hall–Kier alpha value is -1.46. The van der Waals surface area contributed by atoms with Crippen molar-refractivity contribution >= 4 is 23.3 Å². The molecular formula is C12H16ClNO4. The first-order valence-corrected chi connectivity index (χ1v) is 5.86. The van der Waals surface area contributed by atoms with Crippen LogP contribution >= 0.6 is 11.6 Å². The van der Waals surface area contributed by atoms with Crippen LogP contribution in [0.15, 0.2) is 12.1 Å². The van der Waals surface area contributed by atoms with Crippen molar-refractivity contribution in [2.45, 2.75) is 20.0 Å². The highest BCUT2D eigenvalue weighted by atomic mass is 35.5. The summed E-state index contributed by atoms with van der Waals surface area (Å²) in [5.74, 6) is -1.02. The predicted molar refractivity (Wildman–Crippen MR) is 69.4 cm³/mol. The number of rotatable bonds is 6. The number of carbonyl (C=O) groups is 1. The number of hydrogen-bond donors (Lipinski definition) is 2. The average Bonchev–Trinajstić information content (AvgIpc) is 2.25. The van der Waals surface area contributed by atoms with Gasteiger partial charge in [-0.05, 0) is 26.0 Å². The molecular weight excluding hydrogens is 258 g/mol. The van der Waals surface area contributed by atoms with Gasteiger partial charge in [-0.15, -0.1) is 0 Å². The van der Waals surface area contributed by atoms with Crippen LogP contribution in [0.25, 0.3) is 0 Å². The summed E-state index contributed by atoms with van der Waals surface area (Å²) in [6, 6.07) is 2.76. The minimum absolute atomic E-state index is 0.0513. The Bertz CT molecular complexity index is 434. The monoisotopic (exact) mass is 273 g/mol. The van der Waals surface area contributed by atoms with Crippen LogP contribution in [0.4, 0.5) is 5.69 Å². The number of carboxylic acids is 1. The molecule has 100 valence electrons. The summed E-state index contributed by atoms with van der Waals surface area (Å²) in [7, 11) is 0. The van der Waals surface area contributed by atoms with Gasteiger partial charge in [-0.25, -0.2) is 4.79 Å². The zero-order valence-corrected chi connectivity index (χ0v) is 11.0. The number of nitrogen functional groups attached to an aromatic ring is 1. The fraction of sp³-hybridized carbons (Fsp3) is 0.417. The van der Waals surface area contributed by atoms with E-state index in [4.69, 9.17) is 31.9 Å². The van der Waals surface area contributed by atoms with Crippen LogP contribution in [-0.4, -0.2) is 30.4 Å². The number of aromatic carboxylic acids is 1. The first-order chi connectivity index (χ1) is 8.41. The summed E-state index contributed by atoms with van der Waals surface area (Å²) in [6.45, 7) is 4.39. The highest BCUT2D eigenvalue weighted by molar-refractivity contribution is 6.33. The quantitative estimate of drug-likeness (QED) is 0.614. The summed E-state index contributed by atoms with van der Waals surface area (Å²) >= 11 is 5.91. The Kier molecular flexibility index (Phi) is 5.25. The molecule has 0 bridgehead atoms. The fourth-order valence-electron chi connectivity index (χ4n) is 1.35. The standard InChI is InChI=1S/C12H16ClNO4/c1-7(2)17-3-4-18-11-9(12(15)16)5-8(14)6-10(11)13/h5-7H,3-4,14H2,1-2H3,(H,15,16). The van der Waals surface area contributed by atoms with Gasteiger partial charge < -0.3 is 20.3 Å². The molecule has 0 radical (unpaired) electrons. The molecule has 0 aliphatic rings. The summed E-state index contributed by atoms with van der Waals surface area (Å²) in [6.07, 6.45) is 0.0921. The van der Waals surface area contributed by atoms with Crippen molar-refractivity contribution in [1.82, 2.24) is 0 Å². The zero-order valence-electron chi connectivity index (χ0n) is 10.3. The smallest absolute Gasteiger partial charge is 0.339 e. The van der Waals surface area contributed by atoms with Crippen LogP contribution in [-0.2, 0) is 4.74 Å². The SMILES string of the molecule is CC(C)OCCOc1c(Cl)cc(N)cc1C(=O)O. The molecule has 0 aliphatic carbocycles. The van der Waals surface area contributed by atoms with Crippen LogP contribution < -0.4 is 10.5 Å². The first-order valence-electron chi connectivity index (χ1n) is 5.48. The van der Waals surface area contributed by atoms with E-state index in [1.807, 2.05) is 13.8 Å². The van der Waals surface area contributed by atoms with Crippen molar-refractivity contribution in [3.63, 3.8) is 0 Å². The lowest BCUT2D eigenvalue weighted by Crippen LogP contribution is -2.13. The van der Waals surface area contributed by atoms with Gasteiger partial charge in [0, 0.05) is 5.69 Å². The van der Waals surface area contributed by atoms with E-state index < -0.39 is 5.97 Å². The maximum atomic E-state index is 11.0. The van der Waals surface area contributed by atoms with Crippen molar-refractivity contribution in [1.29, 1.82) is 0 Å². The Morgan fingerprint density at radius 1 is 1.44 bits per heavy atom. The van der Waals surface area contributed by atoms with E-state index >= 15 is 0 Å². The number of carboxylic acid groups (broad SMARTS) is 1. The van der Waals surface area contributed by atoms with E-state index in [1.165, 1.54) is 12.1 Å². The summed E-state index contributed by atoms with van der Waals surface area (Å²) in [5.41, 5.74) is 5.76. The van der Waals surface area contributed by atoms with Crippen molar-refractivity contribution < 1.29 is 19.4 Å². The molecule has 1 rings (SSSR count). The molecule has 0 amide bonds. The second kappa shape index (κ2) is 6.47. The minimum Gasteiger partial charge on any atom is -0.489 e. The molecule has 0 atom stereocenters. The average molecular weight is 274 g/mol. The molecule has 1 aromatic carbocycles. The van der Waals surface area contributed by atoms with E-state index in [2.05, 4.69) is 0 Å². The Morgan fingerprint density at radius 3 is 2.67 bits per heavy atom. The molecule has 6 heteroatoms. The number of ether oxygens (including phenoxy) is 2. The lowest BCUT2D eigenvalue weighted by Gasteiger charge is -2.13. The molecule has 0 saturated carbocycles. The summed E-state index contributed by atoms with van der Waals surface area (Å²) in [5, 5.41) is 9.21.